The highest BCUT2D eigenvalue weighted by molar-refractivity contribution is 6.08. The predicted molar refractivity (Wildman–Crippen MR) is 114 cm³/mol. The molecule has 4 atom stereocenters. The van der Waals surface area contributed by atoms with Gasteiger partial charge < -0.3 is 14.2 Å². The molecule has 3 heterocycles. The van der Waals surface area contributed by atoms with Crippen LogP contribution in [0.25, 0.3) is 0 Å². The Labute approximate surface area is 190 Å². The van der Waals surface area contributed by atoms with Crippen LogP contribution >= 0.6 is 0 Å². The van der Waals surface area contributed by atoms with Crippen molar-refractivity contribution in [2.75, 3.05) is 6.61 Å². The van der Waals surface area contributed by atoms with Crippen LogP contribution in [0.5, 0.6) is 11.5 Å². The third-order valence-electron chi connectivity index (χ3n) is 5.79. The first-order valence-electron chi connectivity index (χ1n) is 10.8. The van der Waals surface area contributed by atoms with Crippen molar-refractivity contribution < 1.29 is 33.0 Å². The molecule has 1 fully saturated rings. The smallest absolute Gasteiger partial charge is 0.404 e. The van der Waals surface area contributed by atoms with Gasteiger partial charge in [0.05, 0.1) is 12.5 Å². The monoisotopic (exact) mass is 456 g/mol. The van der Waals surface area contributed by atoms with E-state index in [1.807, 2.05) is 6.07 Å². The second-order valence-corrected chi connectivity index (χ2v) is 8.32. The van der Waals surface area contributed by atoms with E-state index in [0.29, 0.717) is 6.42 Å². The summed E-state index contributed by atoms with van der Waals surface area (Å²) in [6.45, 7) is 4.78. The topological polar surface area (TPSA) is 95.0 Å². The summed E-state index contributed by atoms with van der Waals surface area (Å²) in [7, 11) is 0. The van der Waals surface area contributed by atoms with E-state index < -0.39 is 35.8 Å². The molecule has 9 heteroatoms. The molecular weight excluding hydrogens is 431 g/mol. The number of carbonyl (C=O) groups is 3. The van der Waals surface area contributed by atoms with Crippen molar-refractivity contribution in [3.05, 3.63) is 53.9 Å². The number of hydrogen-bond donors (Lipinski definition) is 0. The zero-order valence-corrected chi connectivity index (χ0v) is 18.6. The molecule has 2 aliphatic heterocycles. The molecule has 174 valence electrons. The minimum Gasteiger partial charge on any atom is -0.464 e. The zero-order chi connectivity index (χ0) is 23.8. The summed E-state index contributed by atoms with van der Waals surface area (Å²) in [5.41, 5.74) is 1.52. The Morgan fingerprint density at radius 3 is 2.73 bits per heavy atom. The van der Waals surface area contributed by atoms with E-state index in [-0.39, 0.29) is 30.4 Å². The quantitative estimate of drug-likeness (QED) is 0.467. The van der Waals surface area contributed by atoms with E-state index in [0.717, 1.165) is 23.0 Å². The molecule has 1 unspecified atom stereocenters. The van der Waals surface area contributed by atoms with Crippen LogP contribution in [-0.2, 0) is 25.5 Å². The van der Waals surface area contributed by atoms with Crippen LogP contribution < -0.4 is 9.47 Å². The number of pyridine rings is 1. The molecule has 33 heavy (non-hydrogen) atoms. The number of alkyl halides is 1. The Morgan fingerprint density at radius 2 is 2.03 bits per heavy atom. The molecule has 0 N–H and O–H groups in total. The predicted octanol–water partition coefficient (Wildman–Crippen LogP) is 3.15. The van der Waals surface area contributed by atoms with E-state index in [1.54, 1.807) is 50.5 Å². The summed E-state index contributed by atoms with van der Waals surface area (Å²) < 4.78 is 29.2. The summed E-state index contributed by atoms with van der Waals surface area (Å²) in [6, 6.07) is 5.27. The summed E-state index contributed by atoms with van der Waals surface area (Å²) in [4.78, 5) is 43.5. The third-order valence-corrected chi connectivity index (χ3v) is 5.79. The molecule has 2 aliphatic rings. The molecule has 1 aromatic carbocycles. The van der Waals surface area contributed by atoms with Crippen molar-refractivity contribution in [2.45, 2.75) is 51.6 Å². The Kier molecular flexibility index (Phi) is 6.05. The highest BCUT2D eigenvalue weighted by atomic mass is 19.2. The lowest BCUT2D eigenvalue weighted by molar-refractivity contribution is -0.179. The van der Waals surface area contributed by atoms with Gasteiger partial charge >= 0.3 is 12.0 Å². The van der Waals surface area contributed by atoms with Crippen LogP contribution in [0.4, 0.5) is 4.39 Å². The molecule has 8 nitrogen and oxygen atoms in total. The number of β-lactam (4-membered cyclic amide) rings is 1. The van der Waals surface area contributed by atoms with Crippen molar-refractivity contribution in [1.82, 2.24) is 9.88 Å². The zero-order valence-electron chi connectivity index (χ0n) is 18.6. The van der Waals surface area contributed by atoms with Crippen LogP contribution in [0.3, 0.4) is 0 Å². The fraction of sp³-hybridized carbons (Fsp3) is 0.417. The second kappa shape index (κ2) is 8.80. The first-order valence-corrected chi connectivity index (χ1v) is 10.8. The van der Waals surface area contributed by atoms with E-state index in [2.05, 4.69) is 4.98 Å². The van der Waals surface area contributed by atoms with E-state index in [1.165, 1.54) is 0 Å². The van der Waals surface area contributed by atoms with Gasteiger partial charge in [-0.25, -0.2) is 4.79 Å². The fourth-order valence-electron chi connectivity index (χ4n) is 4.18. The molecule has 0 radical (unpaired) electrons. The Bertz CT molecular complexity index is 1070. The van der Waals surface area contributed by atoms with Gasteiger partial charge in [0.25, 0.3) is 0 Å². The number of benzene rings is 1. The fourth-order valence-corrected chi connectivity index (χ4v) is 4.18. The summed E-state index contributed by atoms with van der Waals surface area (Å²) in [5, 5.41) is 0. The van der Waals surface area contributed by atoms with Crippen molar-refractivity contribution in [3.8, 4) is 11.5 Å². The van der Waals surface area contributed by atoms with Crippen molar-refractivity contribution in [1.29, 1.82) is 0 Å². The molecule has 0 spiro atoms. The Balaban J connectivity index is 1.47. The largest absolute Gasteiger partial charge is 0.464 e. The average Bonchev–Trinajstić information content (AvgIpc) is 3.09. The minimum absolute atomic E-state index is 0.0200. The van der Waals surface area contributed by atoms with Crippen molar-refractivity contribution >= 4 is 17.8 Å². The second-order valence-electron chi connectivity index (χ2n) is 8.32. The number of carbonyl (C=O) groups excluding carboxylic acids is 3. The van der Waals surface area contributed by atoms with Crippen LogP contribution in [0, 0.1) is 5.92 Å². The van der Waals surface area contributed by atoms with Crippen LogP contribution in [0.1, 0.15) is 44.2 Å². The maximum atomic E-state index is 13.9. The highest BCUT2D eigenvalue weighted by Gasteiger charge is 2.55. The van der Waals surface area contributed by atoms with Crippen LogP contribution in [0.15, 0.2) is 42.7 Å². The number of likely N-dealkylation sites (tertiary alicyclic amines) is 1. The third kappa shape index (κ3) is 4.53. The van der Waals surface area contributed by atoms with Crippen LogP contribution in [-0.4, -0.2) is 46.4 Å². The number of amides is 2. The summed E-state index contributed by atoms with van der Waals surface area (Å²) in [5.74, 6) is -1.95. The van der Waals surface area contributed by atoms with Gasteiger partial charge in [0.2, 0.25) is 11.8 Å². The molecule has 4 rings (SSSR count). The number of halogens is 1. The highest BCUT2D eigenvalue weighted by Crippen LogP contribution is 2.42. The number of fused-ring (bicyclic) bond motifs is 1. The maximum Gasteiger partial charge on any atom is 0.404 e. The van der Waals surface area contributed by atoms with E-state index in [4.69, 9.17) is 14.2 Å². The van der Waals surface area contributed by atoms with E-state index in [9.17, 15) is 18.8 Å². The van der Waals surface area contributed by atoms with Gasteiger partial charge in [-0.1, -0.05) is 19.1 Å². The van der Waals surface area contributed by atoms with Gasteiger partial charge in [0.1, 0.15) is 6.04 Å². The molecule has 2 amide bonds. The number of rotatable bonds is 7. The molecular formula is C24H25FN2O6. The van der Waals surface area contributed by atoms with Gasteiger partial charge in [-0.15, -0.1) is 0 Å². The van der Waals surface area contributed by atoms with Crippen molar-refractivity contribution in [2.24, 2.45) is 5.92 Å². The minimum atomic E-state index is -2.24. The standard InChI is InChI=1S/C24H25FN2O6/c1-4-31-23(30)21-17(11-15-6-5-9-26-13-15)22(29)27(21)20(28)10-14(2)16-7-8-18-19(12-16)33-24(3,25)32-18/h5-9,12-14,17,21H,4,10-11H2,1-3H3/t14-,17+,21-,24?/m0/s1. The van der Waals surface area contributed by atoms with Gasteiger partial charge in [-0.3, -0.25) is 19.5 Å². The maximum absolute atomic E-state index is 13.9. The number of ether oxygens (including phenoxy) is 3. The number of aromatic nitrogens is 1. The number of hydrogen-bond acceptors (Lipinski definition) is 7. The molecule has 2 aromatic rings. The number of nitrogens with zero attached hydrogens (tertiary/aromatic N) is 2. The molecule has 1 aromatic heterocycles. The Hall–Kier alpha value is -3.49. The van der Waals surface area contributed by atoms with Crippen molar-refractivity contribution in [3.63, 3.8) is 0 Å². The first kappa shape index (κ1) is 22.7. The molecule has 0 aliphatic carbocycles. The lowest BCUT2D eigenvalue weighted by Gasteiger charge is -2.44. The number of imide groups is 1. The SMILES string of the molecule is CCOC(=O)[C@@H]1[C@@H](Cc2cccnc2)C(=O)N1C(=O)C[C@H](C)c1ccc2c(c1)OC(C)(F)O2. The van der Waals surface area contributed by atoms with Gasteiger partial charge in [0, 0.05) is 25.7 Å². The molecule has 0 saturated carbocycles. The van der Waals surface area contributed by atoms with Crippen LogP contribution in [0.2, 0.25) is 0 Å². The van der Waals surface area contributed by atoms with Gasteiger partial charge in [-0.05, 0) is 48.6 Å². The summed E-state index contributed by atoms with van der Waals surface area (Å²) in [6.07, 6.45) is 3.52. The van der Waals surface area contributed by atoms with E-state index >= 15 is 0 Å². The normalized spacial score (nSPS) is 24.2. The van der Waals surface area contributed by atoms with Gasteiger partial charge in [-0.2, -0.15) is 4.39 Å². The molecule has 1 saturated heterocycles. The Morgan fingerprint density at radius 1 is 1.27 bits per heavy atom. The summed E-state index contributed by atoms with van der Waals surface area (Å²) >= 11 is 0. The lowest BCUT2D eigenvalue weighted by Crippen LogP contribution is -2.67. The average molecular weight is 456 g/mol. The molecule has 0 bridgehead atoms. The van der Waals surface area contributed by atoms with Gasteiger partial charge in [0.15, 0.2) is 11.5 Å². The lowest BCUT2D eigenvalue weighted by atomic mass is 9.81. The first-order chi connectivity index (χ1) is 15.7. The number of esters is 1.